The molecular formula is C16H25NO2. The summed E-state index contributed by atoms with van der Waals surface area (Å²) >= 11 is 0. The monoisotopic (exact) mass is 263 g/mol. The van der Waals surface area contributed by atoms with Crippen LogP contribution in [0.2, 0.25) is 0 Å². The summed E-state index contributed by atoms with van der Waals surface area (Å²) in [4.78, 5) is 0. The van der Waals surface area contributed by atoms with E-state index in [9.17, 15) is 5.11 Å². The van der Waals surface area contributed by atoms with Gasteiger partial charge in [0, 0.05) is 18.5 Å². The minimum Gasteiger partial charge on any atom is -0.389 e. The molecule has 1 aliphatic rings. The number of nitrogens with one attached hydrogen (secondary N) is 1. The van der Waals surface area contributed by atoms with E-state index in [0.717, 1.165) is 6.42 Å². The molecule has 1 fully saturated rings. The Kier molecular flexibility index (Phi) is 4.61. The van der Waals surface area contributed by atoms with Gasteiger partial charge in [-0.05, 0) is 32.8 Å². The summed E-state index contributed by atoms with van der Waals surface area (Å²) in [5.74, 6) is 0.608. The first kappa shape index (κ1) is 14.5. The molecule has 3 atom stereocenters. The Labute approximate surface area is 116 Å². The van der Waals surface area contributed by atoms with E-state index < -0.39 is 6.10 Å². The maximum atomic E-state index is 9.86. The van der Waals surface area contributed by atoms with Crippen molar-refractivity contribution in [3.63, 3.8) is 0 Å². The predicted octanol–water partition coefficient (Wildman–Crippen LogP) is 2.31. The standard InChI is InChI=1S/C16H25NO2/c1-16(2,3)19-11-13(18)10-17-15-9-14(15)12-7-5-4-6-8-12/h4-8,13-15,17-18H,9-11H2,1-3H3. The lowest BCUT2D eigenvalue weighted by molar-refractivity contribution is -0.0479. The van der Waals surface area contributed by atoms with E-state index in [4.69, 9.17) is 4.74 Å². The van der Waals surface area contributed by atoms with Crippen LogP contribution in [0.4, 0.5) is 0 Å². The number of benzene rings is 1. The van der Waals surface area contributed by atoms with Crippen molar-refractivity contribution in [1.29, 1.82) is 0 Å². The summed E-state index contributed by atoms with van der Waals surface area (Å²) in [5.41, 5.74) is 1.20. The van der Waals surface area contributed by atoms with Gasteiger partial charge in [0.05, 0.1) is 18.3 Å². The summed E-state index contributed by atoms with van der Waals surface area (Å²) < 4.78 is 5.57. The Morgan fingerprint density at radius 2 is 2.00 bits per heavy atom. The number of ether oxygens (including phenoxy) is 1. The van der Waals surface area contributed by atoms with E-state index in [1.165, 1.54) is 5.56 Å². The molecule has 0 spiro atoms. The van der Waals surface area contributed by atoms with Crippen LogP contribution in [0.5, 0.6) is 0 Å². The van der Waals surface area contributed by atoms with Crippen molar-refractivity contribution in [2.24, 2.45) is 0 Å². The molecule has 3 nitrogen and oxygen atoms in total. The molecule has 0 aliphatic heterocycles. The van der Waals surface area contributed by atoms with Gasteiger partial charge in [0.2, 0.25) is 0 Å². The highest BCUT2D eigenvalue weighted by Gasteiger charge is 2.37. The summed E-state index contributed by atoms with van der Waals surface area (Å²) in [6.07, 6.45) is 0.730. The topological polar surface area (TPSA) is 41.5 Å². The highest BCUT2D eigenvalue weighted by atomic mass is 16.5. The summed E-state index contributed by atoms with van der Waals surface area (Å²) in [7, 11) is 0. The molecule has 2 N–H and O–H groups in total. The van der Waals surface area contributed by atoms with Gasteiger partial charge in [-0.2, -0.15) is 0 Å². The van der Waals surface area contributed by atoms with Crippen LogP contribution in [0, 0.1) is 0 Å². The van der Waals surface area contributed by atoms with Crippen LogP contribution in [0.25, 0.3) is 0 Å². The molecule has 1 aromatic carbocycles. The Balaban J connectivity index is 1.65. The number of aliphatic hydroxyl groups is 1. The number of aliphatic hydroxyl groups excluding tert-OH is 1. The van der Waals surface area contributed by atoms with Crippen molar-refractivity contribution in [3.05, 3.63) is 35.9 Å². The molecule has 0 bridgehead atoms. The third kappa shape index (κ3) is 4.94. The second-order valence-electron chi connectivity index (χ2n) is 6.34. The molecule has 0 aromatic heterocycles. The van der Waals surface area contributed by atoms with Gasteiger partial charge < -0.3 is 15.2 Å². The average molecular weight is 263 g/mol. The molecule has 0 saturated heterocycles. The molecule has 2 rings (SSSR count). The Bertz CT molecular complexity index is 385. The molecule has 3 heteroatoms. The fourth-order valence-electron chi connectivity index (χ4n) is 2.18. The number of hydrogen-bond acceptors (Lipinski definition) is 3. The lowest BCUT2D eigenvalue weighted by Crippen LogP contribution is -2.35. The number of hydrogen-bond donors (Lipinski definition) is 2. The maximum Gasteiger partial charge on any atom is 0.0898 e. The van der Waals surface area contributed by atoms with E-state index in [-0.39, 0.29) is 5.60 Å². The maximum absolute atomic E-state index is 9.86. The minimum absolute atomic E-state index is 0.187. The Morgan fingerprint density at radius 3 is 2.63 bits per heavy atom. The fraction of sp³-hybridized carbons (Fsp3) is 0.625. The van der Waals surface area contributed by atoms with E-state index in [1.54, 1.807) is 0 Å². The molecule has 0 heterocycles. The van der Waals surface area contributed by atoms with E-state index >= 15 is 0 Å². The zero-order chi connectivity index (χ0) is 13.9. The minimum atomic E-state index is -0.434. The van der Waals surface area contributed by atoms with Gasteiger partial charge >= 0.3 is 0 Å². The second-order valence-corrected chi connectivity index (χ2v) is 6.34. The van der Waals surface area contributed by atoms with E-state index in [2.05, 4.69) is 29.6 Å². The summed E-state index contributed by atoms with van der Waals surface area (Å²) in [5, 5.41) is 13.3. The van der Waals surface area contributed by atoms with Crippen molar-refractivity contribution < 1.29 is 9.84 Å². The molecule has 1 aromatic rings. The van der Waals surface area contributed by atoms with Gasteiger partial charge in [0.15, 0.2) is 0 Å². The molecule has 0 amide bonds. The van der Waals surface area contributed by atoms with Crippen molar-refractivity contribution >= 4 is 0 Å². The summed E-state index contributed by atoms with van der Waals surface area (Å²) in [6.45, 7) is 6.99. The SMILES string of the molecule is CC(C)(C)OCC(O)CNC1CC1c1ccccc1. The summed E-state index contributed by atoms with van der Waals surface area (Å²) in [6, 6.07) is 11.1. The molecule has 106 valence electrons. The third-order valence-corrected chi connectivity index (χ3v) is 3.34. The molecule has 3 unspecified atom stereocenters. The predicted molar refractivity (Wildman–Crippen MR) is 77.3 cm³/mol. The van der Waals surface area contributed by atoms with Crippen molar-refractivity contribution in [2.45, 2.75) is 50.9 Å². The van der Waals surface area contributed by atoms with Crippen LogP contribution < -0.4 is 5.32 Å². The third-order valence-electron chi connectivity index (χ3n) is 3.34. The van der Waals surface area contributed by atoms with Crippen LogP contribution in [-0.2, 0) is 4.74 Å². The first-order valence-electron chi connectivity index (χ1n) is 7.06. The highest BCUT2D eigenvalue weighted by molar-refractivity contribution is 5.27. The van der Waals surface area contributed by atoms with Gasteiger partial charge in [-0.1, -0.05) is 30.3 Å². The largest absolute Gasteiger partial charge is 0.389 e. The van der Waals surface area contributed by atoms with E-state index in [1.807, 2.05) is 26.8 Å². The molecule has 1 saturated carbocycles. The van der Waals surface area contributed by atoms with Gasteiger partial charge in [-0.3, -0.25) is 0 Å². The quantitative estimate of drug-likeness (QED) is 0.827. The lowest BCUT2D eigenvalue weighted by atomic mass is 10.1. The normalized spacial score (nSPS) is 24.2. The van der Waals surface area contributed by atoms with Crippen LogP contribution in [0.3, 0.4) is 0 Å². The Morgan fingerprint density at radius 1 is 1.32 bits per heavy atom. The zero-order valence-electron chi connectivity index (χ0n) is 12.1. The van der Waals surface area contributed by atoms with Gasteiger partial charge in [0.25, 0.3) is 0 Å². The van der Waals surface area contributed by atoms with Gasteiger partial charge in [0.1, 0.15) is 0 Å². The van der Waals surface area contributed by atoms with Crippen LogP contribution in [-0.4, -0.2) is 36.0 Å². The van der Waals surface area contributed by atoms with Crippen LogP contribution >= 0.6 is 0 Å². The second kappa shape index (κ2) is 6.04. The van der Waals surface area contributed by atoms with Crippen LogP contribution in [0.15, 0.2) is 30.3 Å². The fourth-order valence-corrected chi connectivity index (χ4v) is 2.18. The average Bonchev–Trinajstić information content (AvgIpc) is 3.14. The van der Waals surface area contributed by atoms with Crippen molar-refractivity contribution in [3.8, 4) is 0 Å². The first-order chi connectivity index (χ1) is 8.96. The lowest BCUT2D eigenvalue weighted by Gasteiger charge is -2.22. The molecule has 0 radical (unpaired) electrons. The highest BCUT2D eigenvalue weighted by Crippen LogP contribution is 2.40. The smallest absolute Gasteiger partial charge is 0.0898 e. The molecular weight excluding hydrogens is 238 g/mol. The number of rotatable bonds is 6. The van der Waals surface area contributed by atoms with Crippen LogP contribution in [0.1, 0.15) is 38.7 Å². The Hall–Kier alpha value is -0.900. The van der Waals surface area contributed by atoms with E-state index in [0.29, 0.717) is 25.1 Å². The van der Waals surface area contributed by atoms with Gasteiger partial charge in [-0.25, -0.2) is 0 Å². The van der Waals surface area contributed by atoms with Crippen molar-refractivity contribution in [2.75, 3.05) is 13.2 Å². The van der Waals surface area contributed by atoms with Crippen molar-refractivity contribution in [1.82, 2.24) is 5.32 Å². The zero-order valence-corrected chi connectivity index (χ0v) is 12.1. The van der Waals surface area contributed by atoms with Gasteiger partial charge in [-0.15, -0.1) is 0 Å². The first-order valence-corrected chi connectivity index (χ1v) is 7.06. The molecule has 1 aliphatic carbocycles. The molecule has 19 heavy (non-hydrogen) atoms.